The van der Waals surface area contributed by atoms with Gasteiger partial charge in [-0.2, -0.15) is 0 Å². The summed E-state index contributed by atoms with van der Waals surface area (Å²) in [6, 6.07) is 8.04. The molecule has 1 atom stereocenters. The van der Waals surface area contributed by atoms with Gasteiger partial charge < -0.3 is 14.8 Å². The highest BCUT2D eigenvalue weighted by molar-refractivity contribution is 6.30. The minimum absolute atomic E-state index is 0.444. The van der Waals surface area contributed by atoms with Gasteiger partial charge in [0.2, 0.25) is 0 Å². The summed E-state index contributed by atoms with van der Waals surface area (Å²) in [5.41, 5.74) is 1.29. The lowest BCUT2D eigenvalue weighted by Crippen LogP contribution is -2.25. The highest BCUT2D eigenvalue weighted by Crippen LogP contribution is 2.21. The molecule has 1 aromatic carbocycles. The average molecular weight is 272 g/mol. The third kappa shape index (κ3) is 5.83. The first-order chi connectivity index (χ1) is 8.77. The molecule has 0 fully saturated rings. The van der Waals surface area contributed by atoms with Gasteiger partial charge in [-0.3, -0.25) is 0 Å². The lowest BCUT2D eigenvalue weighted by molar-refractivity contribution is 0.183. The van der Waals surface area contributed by atoms with Crippen molar-refractivity contribution in [2.45, 2.75) is 12.3 Å². The summed E-state index contributed by atoms with van der Waals surface area (Å²) in [6.07, 6.45) is 0.998. The van der Waals surface area contributed by atoms with Gasteiger partial charge in [-0.1, -0.05) is 23.7 Å². The van der Waals surface area contributed by atoms with E-state index < -0.39 is 0 Å². The summed E-state index contributed by atoms with van der Waals surface area (Å²) in [4.78, 5) is 0. The molecule has 1 N–H and O–H groups in total. The van der Waals surface area contributed by atoms with Crippen LogP contribution in [0, 0.1) is 0 Å². The number of halogens is 1. The molecular formula is C14H22ClNO2. The molecule has 4 heteroatoms. The molecule has 0 aromatic heterocycles. The molecule has 0 heterocycles. The van der Waals surface area contributed by atoms with E-state index in [0.717, 1.165) is 37.7 Å². The van der Waals surface area contributed by atoms with Crippen LogP contribution in [0.15, 0.2) is 24.3 Å². The zero-order valence-corrected chi connectivity index (χ0v) is 11.9. The fourth-order valence-corrected chi connectivity index (χ4v) is 1.96. The van der Waals surface area contributed by atoms with Gasteiger partial charge in [-0.25, -0.2) is 0 Å². The van der Waals surface area contributed by atoms with Crippen molar-refractivity contribution >= 4 is 11.6 Å². The molecule has 18 heavy (non-hydrogen) atoms. The number of methoxy groups -OCH3 is 2. The van der Waals surface area contributed by atoms with Crippen molar-refractivity contribution in [3.05, 3.63) is 34.9 Å². The second kappa shape index (κ2) is 9.34. The number of nitrogens with one attached hydrogen (secondary N) is 1. The van der Waals surface area contributed by atoms with E-state index in [1.54, 1.807) is 14.2 Å². The maximum Gasteiger partial charge on any atom is 0.0587 e. The third-order valence-corrected chi connectivity index (χ3v) is 3.14. The van der Waals surface area contributed by atoms with Crippen LogP contribution in [0.4, 0.5) is 0 Å². The fourth-order valence-electron chi connectivity index (χ4n) is 1.83. The molecular weight excluding hydrogens is 250 g/mol. The van der Waals surface area contributed by atoms with Crippen molar-refractivity contribution in [1.29, 1.82) is 0 Å². The maximum atomic E-state index is 5.91. The predicted octanol–water partition coefficient (Wildman–Crippen LogP) is 2.70. The minimum atomic E-state index is 0.444. The van der Waals surface area contributed by atoms with E-state index in [-0.39, 0.29) is 0 Å². The standard InChI is InChI=1S/C14H22ClNO2/c1-17-9-7-13(11-16-8-10-18-2)12-3-5-14(15)6-4-12/h3-6,13,16H,7-11H2,1-2H3. The highest BCUT2D eigenvalue weighted by Gasteiger charge is 2.10. The van der Waals surface area contributed by atoms with Crippen LogP contribution in [0.25, 0.3) is 0 Å². The zero-order chi connectivity index (χ0) is 13.2. The van der Waals surface area contributed by atoms with Crippen LogP contribution in [0.3, 0.4) is 0 Å². The lowest BCUT2D eigenvalue weighted by atomic mass is 9.96. The number of hydrogen-bond donors (Lipinski definition) is 1. The van der Waals surface area contributed by atoms with Gasteiger partial charge in [0.1, 0.15) is 0 Å². The SMILES string of the molecule is COCCNCC(CCOC)c1ccc(Cl)cc1. The van der Waals surface area contributed by atoms with Gasteiger partial charge in [-0.15, -0.1) is 0 Å². The first-order valence-corrected chi connectivity index (χ1v) is 6.59. The van der Waals surface area contributed by atoms with E-state index in [1.165, 1.54) is 5.56 Å². The van der Waals surface area contributed by atoms with Gasteiger partial charge >= 0.3 is 0 Å². The van der Waals surface area contributed by atoms with E-state index in [0.29, 0.717) is 5.92 Å². The Balaban J connectivity index is 2.51. The van der Waals surface area contributed by atoms with Gasteiger partial charge in [0.15, 0.2) is 0 Å². The van der Waals surface area contributed by atoms with Crippen LogP contribution in [0.5, 0.6) is 0 Å². The summed E-state index contributed by atoms with van der Waals surface area (Å²) in [7, 11) is 3.44. The van der Waals surface area contributed by atoms with Crippen molar-refractivity contribution in [2.75, 3.05) is 40.5 Å². The second-order valence-electron chi connectivity index (χ2n) is 4.23. The fraction of sp³-hybridized carbons (Fsp3) is 0.571. The van der Waals surface area contributed by atoms with Gasteiger partial charge in [0, 0.05) is 38.9 Å². The normalized spacial score (nSPS) is 12.6. The van der Waals surface area contributed by atoms with E-state index in [2.05, 4.69) is 17.4 Å². The lowest BCUT2D eigenvalue weighted by Gasteiger charge is -2.18. The Bertz CT molecular complexity index is 316. The van der Waals surface area contributed by atoms with Crippen molar-refractivity contribution in [2.24, 2.45) is 0 Å². The van der Waals surface area contributed by atoms with Gasteiger partial charge in [-0.05, 0) is 30.0 Å². The number of ether oxygens (including phenoxy) is 2. The smallest absolute Gasteiger partial charge is 0.0587 e. The monoisotopic (exact) mass is 271 g/mol. The van der Waals surface area contributed by atoms with Crippen molar-refractivity contribution in [3.63, 3.8) is 0 Å². The van der Waals surface area contributed by atoms with Crippen LogP contribution in [0.2, 0.25) is 5.02 Å². The van der Waals surface area contributed by atoms with Crippen LogP contribution >= 0.6 is 11.6 Å². The molecule has 1 rings (SSSR count). The Kier molecular flexibility index (Phi) is 8.01. The molecule has 0 spiro atoms. The predicted molar refractivity (Wildman–Crippen MR) is 75.4 cm³/mol. The molecule has 1 unspecified atom stereocenters. The molecule has 0 aliphatic rings. The molecule has 0 aliphatic heterocycles. The van der Waals surface area contributed by atoms with Crippen LogP contribution in [-0.2, 0) is 9.47 Å². The summed E-state index contributed by atoms with van der Waals surface area (Å²) in [5.74, 6) is 0.444. The molecule has 0 saturated heterocycles. The van der Waals surface area contributed by atoms with E-state index >= 15 is 0 Å². The Labute approximate surface area is 114 Å². The average Bonchev–Trinajstić information content (AvgIpc) is 2.39. The zero-order valence-electron chi connectivity index (χ0n) is 11.1. The molecule has 0 aliphatic carbocycles. The summed E-state index contributed by atoms with van der Waals surface area (Å²) in [6.45, 7) is 3.29. The second-order valence-corrected chi connectivity index (χ2v) is 4.66. The Morgan fingerprint density at radius 2 is 1.78 bits per heavy atom. The molecule has 0 saturated carbocycles. The first kappa shape index (κ1) is 15.4. The van der Waals surface area contributed by atoms with Crippen molar-refractivity contribution in [1.82, 2.24) is 5.32 Å². The summed E-state index contributed by atoms with van der Waals surface area (Å²) >= 11 is 5.91. The molecule has 102 valence electrons. The molecule has 3 nitrogen and oxygen atoms in total. The van der Waals surface area contributed by atoms with Gasteiger partial charge in [0.25, 0.3) is 0 Å². The van der Waals surface area contributed by atoms with Gasteiger partial charge in [0.05, 0.1) is 6.61 Å². The Morgan fingerprint density at radius 1 is 1.11 bits per heavy atom. The topological polar surface area (TPSA) is 30.5 Å². The third-order valence-electron chi connectivity index (χ3n) is 2.89. The van der Waals surface area contributed by atoms with E-state index in [9.17, 15) is 0 Å². The Hall–Kier alpha value is -0.610. The summed E-state index contributed by atoms with van der Waals surface area (Å²) in [5, 5.41) is 4.17. The number of rotatable bonds is 9. The molecule has 0 amide bonds. The minimum Gasteiger partial charge on any atom is -0.385 e. The molecule has 1 aromatic rings. The summed E-state index contributed by atoms with van der Waals surface area (Å²) < 4.78 is 10.2. The highest BCUT2D eigenvalue weighted by atomic mass is 35.5. The van der Waals surface area contributed by atoms with Crippen LogP contribution < -0.4 is 5.32 Å². The number of benzene rings is 1. The Morgan fingerprint density at radius 3 is 2.39 bits per heavy atom. The van der Waals surface area contributed by atoms with Crippen LogP contribution in [0.1, 0.15) is 17.9 Å². The van der Waals surface area contributed by atoms with Crippen molar-refractivity contribution in [3.8, 4) is 0 Å². The first-order valence-electron chi connectivity index (χ1n) is 6.22. The maximum absolute atomic E-state index is 5.91. The molecule has 0 bridgehead atoms. The van der Waals surface area contributed by atoms with E-state index in [4.69, 9.17) is 21.1 Å². The van der Waals surface area contributed by atoms with Crippen LogP contribution in [-0.4, -0.2) is 40.5 Å². The quantitative estimate of drug-likeness (QED) is 0.701. The molecule has 0 radical (unpaired) electrons. The number of hydrogen-bond acceptors (Lipinski definition) is 3. The van der Waals surface area contributed by atoms with E-state index in [1.807, 2.05) is 12.1 Å². The van der Waals surface area contributed by atoms with Crippen molar-refractivity contribution < 1.29 is 9.47 Å². The largest absolute Gasteiger partial charge is 0.385 e.